The first-order chi connectivity index (χ1) is 9.60. The second-order valence-electron chi connectivity index (χ2n) is 4.18. The summed E-state index contributed by atoms with van der Waals surface area (Å²) in [4.78, 5) is 22.6. The summed E-state index contributed by atoms with van der Waals surface area (Å²) in [6, 6.07) is 0. The van der Waals surface area contributed by atoms with Gasteiger partial charge >= 0.3 is 5.97 Å². The van der Waals surface area contributed by atoms with Gasteiger partial charge in [-0.1, -0.05) is 27.2 Å². The van der Waals surface area contributed by atoms with E-state index in [9.17, 15) is 9.59 Å². The van der Waals surface area contributed by atoms with Gasteiger partial charge in [-0.15, -0.1) is 23.5 Å². The molecule has 6 heteroatoms. The topological polar surface area (TPSA) is 52.6 Å². The molecule has 0 saturated carbocycles. The average molecular weight is 322 g/mol. The molecule has 0 aromatic carbocycles. The van der Waals surface area contributed by atoms with Gasteiger partial charge in [0.15, 0.2) is 18.5 Å². The smallest absolute Gasteiger partial charge is 0.303 e. The highest BCUT2D eigenvalue weighted by Gasteiger charge is 2.33. The van der Waals surface area contributed by atoms with Gasteiger partial charge in [0.1, 0.15) is 0 Å². The van der Waals surface area contributed by atoms with Crippen molar-refractivity contribution in [2.24, 2.45) is 0 Å². The maximum absolute atomic E-state index is 11.3. The lowest BCUT2D eigenvalue weighted by Gasteiger charge is -2.29. The Labute approximate surface area is 130 Å². The lowest BCUT2D eigenvalue weighted by atomic mass is 10.2. The summed E-state index contributed by atoms with van der Waals surface area (Å²) in [5.41, 5.74) is 0. The average Bonchev–Trinajstić information content (AvgIpc) is 2.41. The van der Waals surface area contributed by atoms with Crippen molar-refractivity contribution in [3.8, 4) is 0 Å². The molecule has 2 atom stereocenters. The molecule has 0 aliphatic carbocycles. The maximum atomic E-state index is 11.3. The van der Waals surface area contributed by atoms with E-state index in [2.05, 4.69) is 6.92 Å². The molecule has 0 aliphatic rings. The summed E-state index contributed by atoms with van der Waals surface area (Å²) >= 11 is 3.36. The quantitative estimate of drug-likeness (QED) is 0.238. The van der Waals surface area contributed by atoms with E-state index < -0.39 is 12.2 Å². The van der Waals surface area contributed by atoms with Crippen LogP contribution in [-0.2, 0) is 19.1 Å². The molecule has 0 rings (SSSR count). The van der Waals surface area contributed by atoms with Crippen molar-refractivity contribution in [1.29, 1.82) is 0 Å². The van der Waals surface area contributed by atoms with Crippen LogP contribution in [0.1, 0.15) is 40.5 Å². The highest BCUT2D eigenvalue weighted by molar-refractivity contribution is 8.17. The van der Waals surface area contributed by atoms with Crippen LogP contribution in [0.4, 0.5) is 0 Å². The highest BCUT2D eigenvalue weighted by Crippen LogP contribution is 2.30. The number of hydrogen-bond donors (Lipinski definition) is 0. The number of carbonyl (C=O) groups excluding carboxylic acids is 2. The number of ether oxygens (including phenoxy) is 2. The van der Waals surface area contributed by atoms with Crippen LogP contribution in [0.25, 0.3) is 0 Å². The SMILES string of the molecule is CCCCO[C@@H](C=O)[C@@H](OC(C)=O)C(SCC)SCC. The van der Waals surface area contributed by atoms with Gasteiger partial charge in [-0.25, -0.2) is 0 Å². The van der Waals surface area contributed by atoms with Crippen molar-refractivity contribution in [2.45, 2.75) is 57.3 Å². The number of carbonyl (C=O) groups is 2. The van der Waals surface area contributed by atoms with Crippen molar-refractivity contribution in [1.82, 2.24) is 0 Å². The van der Waals surface area contributed by atoms with Crippen LogP contribution in [0.5, 0.6) is 0 Å². The number of aldehydes is 1. The summed E-state index contributed by atoms with van der Waals surface area (Å²) in [5.74, 6) is 1.42. The number of unbranched alkanes of at least 4 members (excludes halogenated alkanes) is 1. The third-order valence-electron chi connectivity index (χ3n) is 2.50. The Hall–Kier alpha value is -0.200. The fourth-order valence-electron chi connectivity index (χ4n) is 1.61. The Morgan fingerprint density at radius 1 is 1.20 bits per heavy atom. The Balaban J connectivity index is 4.84. The molecule has 0 aromatic rings. The number of thioether (sulfide) groups is 2. The van der Waals surface area contributed by atoms with Gasteiger partial charge < -0.3 is 14.3 Å². The molecular formula is C14H26O4S2. The summed E-state index contributed by atoms with van der Waals surface area (Å²) in [6.45, 7) is 8.04. The summed E-state index contributed by atoms with van der Waals surface area (Å²) < 4.78 is 11.0. The van der Waals surface area contributed by atoms with Crippen LogP contribution in [0.15, 0.2) is 0 Å². The van der Waals surface area contributed by atoms with Crippen molar-refractivity contribution >= 4 is 35.8 Å². The van der Waals surface area contributed by atoms with Crippen molar-refractivity contribution in [3.63, 3.8) is 0 Å². The molecule has 0 radical (unpaired) electrons. The summed E-state index contributed by atoms with van der Waals surface area (Å²) in [5, 5.41) is 0. The van der Waals surface area contributed by atoms with E-state index in [4.69, 9.17) is 9.47 Å². The van der Waals surface area contributed by atoms with Crippen molar-refractivity contribution < 1.29 is 19.1 Å². The Morgan fingerprint density at radius 2 is 1.80 bits per heavy atom. The van der Waals surface area contributed by atoms with Crippen LogP contribution in [0.3, 0.4) is 0 Å². The van der Waals surface area contributed by atoms with Crippen LogP contribution in [0, 0.1) is 0 Å². The first-order valence-electron chi connectivity index (χ1n) is 7.07. The predicted molar refractivity (Wildman–Crippen MR) is 86.3 cm³/mol. The van der Waals surface area contributed by atoms with Gasteiger partial charge in [0, 0.05) is 13.5 Å². The minimum absolute atomic E-state index is 0.0192. The second-order valence-corrected chi connectivity index (χ2v) is 7.31. The van der Waals surface area contributed by atoms with Gasteiger partial charge in [-0.05, 0) is 17.9 Å². The molecule has 20 heavy (non-hydrogen) atoms. The molecule has 0 fully saturated rings. The summed E-state index contributed by atoms with van der Waals surface area (Å²) in [6.07, 6.45) is 1.43. The highest BCUT2D eigenvalue weighted by atomic mass is 32.2. The standard InChI is InChI=1S/C14H26O4S2/c1-5-8-9-17-12(10-15)13(18-11(4)16)14(19-6-2)20-7-3/h10,12-14H,5-9H2,1-4H3/t12-,13+/m0/s1. The zero-order valence-electron chi connectivity index (χ0n) is 12.8. The molecule has 4 nitrogen and oxygen atoms in total. The molecule has 0 bridgehead atoms. The number of esters is 1. The minimum atomic E-state index is -0.687. The minimum Gasteiger partial charge on any atom is -0.457 e. The molecule has 0 saturated heterocycles. The molecule has 118 valence electrons. The van der Waals surface area contributed by atoms with E-state index in [0.29, 0.717) is 6.61 Å². The Morgan fingerprint density at radius 3 is 2.20 bits per heavy atom. The fraction of sp³-hybridized carbons (Fsp3) is 0.857. The largest absolute Gasteiger partial charge is 0.457 e. The Bertz CT molecular complexity index is 268. The molecule has 0 amide bonds. The van der Waals surface area contributed by atoms with E-state index >= 15 is 0 Å². The number of hydrogen-bond acceptors (Lipinski definition) is 6. The zero-order valence-corrected chi connectivity index (χ0v) is 14.4. The second kappa shape index (κ2) is 12.5. The van der Waals surface area contributed by atoms with Gasteiger partial charge in [-0.3, -0.25) is 4.79 Å². The molecular weight excluding hydrogens is 296 g/mol. The van der Waals surface area contributed by atoms with Gasteiger partial charge in [0.05, 0.1) is 4.58 Å². The Kier molecular flexibility index (Phi) is 12.4. The van der Waals surface area contributed by atoms with Gasteiger partial charge in [0.2, 0.25) is 0 Å². The van der Waals surface area contributed by atoms with Gasteiger partial charge in [0.25, 0.3) is 0 Å². The van der Waals surface area contributed by atoms with E-state index in [-0.39, 0.29) is 10.6 Å². The fourth-order valence-corrected chi connectivity index (χ4v) is 4.27. The first kappa shape index (κ1) is 19.8. The lowest BCUT2D eigenvalue weighted by molar-refractivity contribution is -0.155. The third-order valence-corrected chi connectivity index (χ3v) is 5.17. The van der Waals surface area contributed by atoms with E-state index in [1.54, 1.807) is 23.5 Å². The van der Waals surface area contributed by atoms with Crippen LogP contribution in [-0.4, -0.2) is 47.2 Å². The van der Waals surface area contributed by atoms with Crippen LogP contribution in [0.2, 0.25) is 0 Å². The van der Waals surface area contributed by atoms with E-state index in [1.165, 1.54) is 6.92 Å². The first-order valence-corrected chi connectivity index (χ1v) is 9.17. The lowest BCUT2D eigenvalue weighted by Crippen LogP contribution is -2.41. The van der Waals surface area contributed by atoms with Crippen molar-refractivity contribution in [2.75, 3.05) is 18.1 Å². The number of rotatable bonds is 12. The van der Waals surface area contributed by atoms with Gasteiger partial charge in [-0.2, -0.15) is 0 Å². The van der Waals surface area contributed by atoms with Crippen LogP contribution < -0.4 is 0 Å². The molecule has 0 unspecified atom stereocenters. The summed E-state index contributed by atoms with van der Waals surface area (Å²) in [7, 11) is 0. The third kappa shape index (κ3) is 8.17. The molecule has 0 aromatic heterocycles. The predicted octanol–water partition coefficient (Wildman–Crippen LogP) is 3.13. The zero-order chi connectivity index (χ0) is 15.4. The molecule has 0 N–H and O–H groups in total. The molecule has 0 aliphatic heterocycles. The molecule has 0 heterocycles. The maximum Gasteiger partial charge on any atom is 0.303 e. The van der Waals surface area contributed by atoms with E-state index in [1.807, 2.05) is 13.8 Å². The molecule has 0 spiro atoms. The van der Waals surface area contributed by atoms with E-state index in [0.717, 1.165) is 30.6 Å². The van der Waals surface area contributed by atoms with Crippen molar-refractivity contribution in [3.05, 3.63) is 0 Å². The van der Waals surface area contributed by atoms with Crippen LogP contribution >= 0.6 is 23.5 Å². The monoisotopic (exact) mass is 322 g/mol. The normalized spacial score (nSPS) is 14.1.